The van der Waals surface area contributed by atoms with Gasteiger partial charge in [-0.25, -0.2) is 0 Å². The minimum absolute atomic E-state index is 0. The molecule has 0 heterocycles. The fourth-order valence-corrected chi connectivity index (χ4v) is 0. The first-order chi connectivity index (χ1) is 2.00. The van der Waals surface area contributed by atoms with Crippen LogP contribution in [-0.4, -0.2) is 0 Å². The van der Waals surface area contributed by atoms with Gasteiger partial charge in [-0.05, 0) is 0 Å². The molecule has 0 aliphatic carbocycles. The summed E-state index contributed by atoms with van der Waals surface area (Å²) in [4.78, 5) is 25.6. The number of hydrogen-bond donors (Lipinski definition) is 0. The maximum absolute atomic E-state index is 8.55. The zero-order valence-corrected chi connectivity index (χ0v) is 6.66. The predicted molar refractivity (Wildman–Crippen MR) is 7.61 cm³/mol. The van der Waals surface area contributed by atoms with Gasteiger partial charge in [0.15, 0.2) is 0 Å². The molecule has 0 aliphatic heterocycles. The molecule has 0 rings (SSSR count). The minimum Gasteiger partial charge on any atom is -0.822 e. The quantitative estimate of drug-likeness (QED) is 0.391. The molecule has 2 radical (unpaired) electrons. The van der Waals surface area contributed by atoms with Crippen LogP contribution < -0.4 is 14.7 Å². The fourth-order valence-electron chi connectivity index (χ4n) is 0. The summed E-state index contributed by atoms with van der Waals surface area (Å²) in [7, 11) is -5.39. The van der Waals surface area contributed by atoms with Crippen LogP contribution >= 0.6 is 7.82 Å². The Morgan fingerprint density at radius 3 is 1.00 bits per heavy atom. The second-order valence-electron chi connectivity index (χ2n) is 0.447. The van der Waals surface area contributed by atoms with Crippen molar-refractivity contribution in [1.82, 2.24) is 0 Å². The largest absolute Gasteiger partial charge is 0.822 e. The third-order valence-electron chi connectivity index (χ3n) is 0. The normalized spacial score (nSPS) is 8.43. The number of phosphoric acid groups is 1. The Balaban J connectivity index is -0.0000000800. The molecule has 0 aromatic carbocycles. The smallest absolute Gasteiger partial charge is 0 e. The Morgan fingerprint density at radius 2 is 1.00 bits per heavy atom. The van der Waals surface area contributed by atoms with Crippen molar-refractivity contribution < 1.29 is 56.4 Å². The van der Waals surface area contributed by atoms with Crippen LogP contribution in [0.15, 0.2) is 0 Å². The van der Waals surface area contributed by atoms with E-state index >= 15 is 0 Å². The molecular formula is O4PV2-3. The molecule has 42 valence electrons. The van der Waals surface area contributed by atoms with Crippen molar-refractivity contribution in [3.05, 3.63) is 0 Å². The molecule has 0 aliphatic rings. The molecule has 7 heavy (non-hydrogen) atoms. The second-order valence-corrected chi connectivity index (χ2v) is 1.34. The van der Waals surface area contributed by atoms with Crippen LogP contribution in [0.4, 0.5) is 0 Å². The van der Waals surface area contributed by atoms with Gasteiger partial charge < -0.3 is 19.2 Å². The van der Waals surface area contributed by atoms with Crippen molar-refractivity contribution >= 4 is 7.82 Å². The van der Waals surface area contributed by atoms with E-state index in [9.17, 15) is 0 Å². The molecule has 0 amide bonds. The summed E-state index contributed by atoms with van der Waals surface area (Å²) in [5, 5.41) is 0. The molecule has 0 N–H and O–H groups in total. The monoisotopic (exact) mass is 197 g/mol. The molecule has 0 saturated heterocycles. The summed E-state index contributed by atoms with van der Waals surface area (Å²) in [5.41, 5.74) is 0. The van der Waals surface area contributed by atoms with Gasteiger partial charge in [0.2, 0.25) is 0 Å². The van der Waals surface area contributed by atoms with Crippen LogP contribution in [0.5, 0.6) is 0 Å². The van der Waals surface area contributed by atoms with Crippen molar-refractivity contribution in [2.24, 2.45) is 0 Å². The van der Waals surface area contributed by atoms with Crippen molar-refractivity contribution in [3.63, 3.8) is 0 Å². The average molecular weight is 197 g/mol. The van der Waals surface area contributed by atoms with E-state index in [2.05, 4.69) is 0 Å². The van der Waals surface area contributed by atoms with E-state index < -0.39 is 7.82 Å². The van der Waals surface area contributed by atoms with E-state index in [1.807, 2.05) is 0 Å². The van der Waals surface area contributed by atoms with Crippen LogP contribution in [0.1, 0.15) is 0 Å². The van der Waals surface area contributed by atoms with E-state index in [4.69, 9.17) is 19.2 Å². The van der Waals surface area contributed by atoms with Crippen LogP contribution in [0.3, 0.4) is 0 Å². The molecule has 0 saturated carbocycles. The van der Waals surface area contributed by atoms with E-state index in [1.54, 1.807) is 0 Å². The maximum Gasteiger partial charge on any atom is 0 e. The average Bonchev–Trinajstić information content (AvgIpc) is 0.722. The Hall–Kier alpha value is 1.28. The SMILES string of the molecule is O=P([O-])([O-])[O-].[V].[V]. The van der Waals surface area contributed by atoms with Crippen LogP contribution in [0.25, 0.3) is 0 Å². The second kappa shape index (κ2) is 5.42. The Bertz CT molecular complexity index is 55.8. The minimum atomic E-state index is -5.39. The Labute approximate surface area is 64.3 Å². The van der Waals surface area contributed by atoms with Gasteiger partial charge in [0.25, 0.3) is 0 Å². The van der Waals surface area contributed by atoms with E-state index in [0.29, 0.717) is 0 Å². The Kier molecular flexibility index (Phi) is 12.2. The van der Waals surface area contributed by atoms with Gasteiger partial charge in [-0.3, -0.25) is 0 Å². The van der Waals surface area contributed by atoms with Gasteiger partial charge >= 0.3 is 0 Å². The van der Waals surface area contributed by atoms with Crippen LogP contribution in [0, 0.1) is 0 Å². The fraction of sp³-hybridized carbons (Fsp3) is 0. The summed E-state index contributed by atoms with van der Waals surface area (Å²) < 4.78 is 8.55. The molecular weight excluding hydrogens is 197 g/mol. The summed E-state index contributed by atoms with van der Waals surface area (Å²) in [6.07, 6.45) is 0. The number of hydrogen-bond acceptors (Lipinski definition) is 4. The summed E-state index contributed by atoms with van der Waals surface area (Å²) >= 11 is 0. The third kappa shape index (κ3) is 124. The third-order valence-corrected chi connectivity index (χ3v) is 0. The molecule has 0 unspecified atom stereocenters. The summed E-state index contributed by atoms with van der Waals surface area (Å²) in [6.45, 7) is 0. The maximum atomic E-state index is 8.55. The predicted octanol–water partition coefficient (Wildman–Crippen LogP) is -2.83. The first-order valence-electron chi connectivity index (χ1n) is 0.730. The van der Waals surface area contributed by atoms with Crippen molar-refractivity contribution in [2.45, 2.75) is 0 Å². The summed E-state index contributed by atoms with van der Waals surface area (Å²) in [5.74, 6) is 0. The van der Waals surface area contributed by atoms with Crippen LogP contribution in [0.2, 0.25) is 0 Å². The molecule has 0 spiro atoms. The molecule has 0 aromatic heterocycles. The zero-order valence-electron chi connectivity index (χ0n) is 2.97. The number of rotatable bonds is 0. The van der Waals surface area contributed by atoms with Gasteiger partial charge in [-0.15, -0.1) is 0 Å². The topological polar surface area (TPSA) is 86.2 Å². The molecule has 4 nitrogen and oxygen atoms in total. The van der Waals surface area contributed by atoms with Crippen molar-refractivity contribution in [3.8, 4) is 0 Å². The molecule has 0 atom stereocenters. The van der Waals surface area contributed by atoms with Crippen molar-refractivity contribution in [2.75, 3.05) is 0 Å². The Morgan fingerprint density at radius 1 is 1.00 bits per heavy atom. The van der Waals surface area contributed by atoms with E-state index in [0.717, 1.165) is 0 Å². The van der Waals surface area contributed by atoms with Gasteiger partial charge in [0.05, 0.1) is 0 Å². The first kappa shape index (κ1) is 15.7. The molecule has 0 aromatic rings. The first-order valence-corrected chi connectivity index (χ1v) is 2.19. The molecule has 0 bridgehead atoms. The van der Waals surface area contributed by atoms with Gasteiger partial charge in [-0.2, -0.15) is 7.82 Å². The van der Waals surface area contributed by atoms with E-state index in [1.165, 1.54) is 0 Å². The standard InChI is InChI=1S/H3O4P.2V/c1-5(2,3)4;;/h(H3,1,2,3,4);;/p-3. The van der Waals surface area contributed by atoms with Crippen molar-refractivity contribution in [1.29, 1.82) is 0 Å². The van der Waals surface area contributed by atoms with Gasteiger partial charge in [0, 0.05) is 37.1 Å². The molecule has 0 fully saturated rings. The van der Waals surface area contributed by atoms with Crippen LogP contribution in [-0.2, 0) is 41.7 Å². The zero-order chi connectivity index (χ0) is 4.50. The molecule has 7 heteroatoms. The van der Waals surface area contributed by atoms with E-state index in [-0.39, 0.29) is 37.1 Å². The van der Waals surface area contributed by atoms with Gasteiger partial charge in [0.1, 0.15) is 0 Å². The van der Waals surface area contributed by atoms with Gasteiger partial charge in [-0.1, -0.05) is 0 Å². The summed E-state index contributed by atoms with van der Waals surface area (Å²) in [6, 6.07) is 0.